The summed E-state index contributed by atoms with van der Waals surface area (Å²) >= 11 is 0. The Kier molecular flexibility index (Phi) is 4.78. The van der Waals surface area contributed by atoms with Gasteiger partial charge in [-0.05, 0) is 41.5 Å². The molecule has 2 amide bonds. The molecule has 0 spiro atoms. The minimum atomic E-state index is -0.812. The van der Waals surface area contributed by atoms with Crippen molar-refractivity contribution in [3.63, 3.8) is 0 Å². The van der Waals surface area contributed by atoms with Gasteiger partial charge in [-0.3, -0.25) is 0 Å². The predicted molar refractivity (Wildman–Crippen MR) is 110 cm³/mol. The van der Waals surface area contributed by atoms with Crippen LogP contribution in [0.5, 0.6) is 0 Å². The predicted octanol–water partition coefficient (Wildman–Crippen LogP) is 3.97. The topological polar surface area (TPSA) is 110 Å². The maximum absolute atomic E-state index is 11.0. The van der Waals surface area contributed by atoms with E-state index in [2.05, 4.69) is 4.57 Å². The summed E-state index contributed by atoms with van der Waals surface area (Å²) in [5.41, 5.74) is 14.8. The molecule has 7 heteroatoms. The molecule has 4 rings (SSSR count). The molecule has 0 radical (unpaired) electrons. The number of carbonyl (C=O) groups excluding carboxylic acids is 2. The number of aromatic nitrogens is 1. The summed E-state index contributed by atoms with van der Waals surface area (Å²) in [6, 6.07) is 21.7. The fourth-order valence-corrected chi connectivity index (χ4v) is 3.46. The van der Waals surface area contributed by atoms with Crippen molar-refractivity contribution in [2.24, 2.45) is 11.5 Å². The largest absolute Gasteiger partial charge is 0.445 e. The quantitative estimate of drug-likeness (QED) is 0.538. The fraction of sp³-hybridized carbons (Fsp3) is 0.0909. The van der Waals surface area contributed by atoms with Crippen LogP contribution >= 0.6 is 0 Å². The van der Waals surface area contributed by atoms with Crippen molar-refractivity contribution in [1.29, 1.82) is 0 Å². The van der Waals surface area contributed by atoms with Crippen molar-refractivity contribution in [2.75, 3.05) is 0 Å². The molecule has 29 heavy (non-hydrogen) atoms. The molecule has 1 aromatic heterocycles. The van der Waals surface area contributed by atoms with Gasteiger partial charge < -0.3 is 25.5 Å². The van der Waals surface area contributed by atoms with Crippen molar-refractivity contribution in [3.8, 4) is 5.69 Å². The highest BCUT2D eigenvalue weighted by molar-refractivity contribution is 6.09. The second kappa shape index (κ2) is 7.55. The van der Waals surface area contributed by atoms with Gasteiger partial charge >= 0.3 is 12.2 Å². The molecule has 0 aliphatic heterocycles. The highest BCUT2D eigenvalue weighted by Gasteiger charge is 2.14. The first-order chi connectivity index (χ1) is 14.0. The molecule has 0 bridgehead atoms. The molecule has 0 atom stereocenters. The maximum atomic E-state index is 11.0. The zero-order valence-corrected chi connectivity index (χ0v) is 15.5. The van der Waals surface area contributed by atoms with Crippen LogP contribution < -0.4 is 11.5 Å². The Morgan fingerprint density at radius 1 is 0.724 bits per heavy atom. The summed E-state index contributed by atoms with van der Waals surface area (Å²) in [4.78, 5) is 21.9. The van der Waals surface area contributed by atoms with Crippen LogP contribution in [0.3, 0.4) is 0 Å². The Morgan fingerprint density at radius 2 is 1.34 bits per heavy atom. The number of primary amides is 2. The van der Waals surface area contributed by atoms with E-state index in [1.54, 1.807) is 0 Å². The Hall–Kier alpha value is -4.00. The van der Waals surface area contributed by atoms with Crippen molar-refractivity contribution >= 4 is 34.0 Å². The molecule has 0 fully saturated rings. The smallest absolute Gasteiger partial charge is 0.404 e. The Morgan fingerprint density at radius 3 is 2.00 bits per heavy atom. The second-order valence-corrected chi connectivity index (χ2v) is 6.59. The Labute approximate surface area is 166 Å². The van der Waals surface area contributed by atoms with E-state index in [-0.39, 0.29) is 13.2 Å². The van der Waals surface area contributed by atoms with E-state index < -0.39 is 12.2 Å². The van der Waals surface area contributed by atoms with Crippen LogP contribution in [0.4, 0.5) is 9.59 Å². The van der Waals surface area contributed by atoms with Gasteiger partial charge in [0.05, 0.1) is 11.0 Å². The third kappa shape index (κ3) is 3.70. The van der Waals surface area contributed by atoms with E-state index in [0.29, 0.717) is 0 Å². The van der Waals surface area contributed by atoms with E-state index in [4.69, 9.17) is 20.9 Å². The number of rotatable bonds is 5. The molecule has 4 N–H and O–H groups in total. The van der Waals surface area contributed by atoms with E-state index in [9.17, 15) is 9.59 Å². The normalized spacial score (nSPS) is 10.9. The molecule has 0 unspecified atom stereocenters. The van der Waals surface area contributed by atoms with Gasteiger partial charge in [-0.1, -0.05) is 36.4 Å². The molecule has 7 nitrogen and oxygen atoms in total. The zero-order chi connectivity index (χ0) is 20.4. The van der Waals surface area contributed by atoms with Crippen LogP contribution in [0.2, 0.25) is 0 Å². The zero-order valence-electron chi connectivity index (χ0n) is 15.5. The van der Waals surface area contributed by atoms with Gasteiger partial charge in [-0.2, -0.15) is 0 Å². The molecular formula is C22H19N3O4. The van der Waals surface area contributed by atoms with Crippen LogP contribution in [-0.4, -0.2) is 16.8 Å². The van der Waals surface area contributed by atoms with E-state index >= 15 is 0 Å². The van der Waals surface area contributed by atoms with Crippen molar-refractivity contribution in [2.45, 2.75) is 13.2 Å². The summed E-state index contributed by atoms with van der Waals surface area (Å²) in [5.74, 6) is 0. The SMILES string of the molecule is NC(=O)OCc1ccc2c(c1)c1ccc(COC(N)=O)cc1n2-c1ccccc1. The third-order valence-electron chi connectivity index (χ3n) is 4.67. The summed E-state index contributed by atoms with van der Waals surface area (Å²) in [6.07, 6.45) is -1.62. The van der Waals surface area contributed by atoms with Gasteiger partial charge in [0.2, 0.25) is 0 Å². The molecule has 3 aromatic carbocycles. The van der Waals surface area contributed by atoms with Crippen molar-refractivity contribution in [3.05, 3.63) is 77.9 Å². The lowest BCUT2D eigenvalue weighted by Gasteiger charge is -2.09. The van der Waals surface area contributed by atoms with Crippen LogP contribution in [0, 0.1) is 0 Å². The lowest BCUT2D eigenvalue weighted by molar-refractivity contribution is 0.149. The lowest BCUT2D eigenvalue weighted by atomic mass is 10.1. The van der Waals surface area contributed by atoms with Crippen LogP contribution in [0.1, 0.15) is 11.1 Å². The monoisotopic (exact) mass is 389 g/mol. The highest BCUT2D eigenvalue weighted by Crippen LogP contribution is 2.33. The second-order valence-electron chi connectivity index (χ2n) is 6.59. The average Bonchev–Trinajstić information content (AvgIpc) is 3.04. The van der Waals surface area contributed by atoms with Gasteiger partial charge in [0.25, 0.3) is 0 Å². The highest BCUT2D eigenvalue weighted by atomic mass is 16.5. The lowest BCUT2D eigenvalue weighted by Crippen LogP contribution is -2.12. The number of fused-ring (bicyclic) bond motifs is 3. The molecule has 0 saturated carbocycles. The minimum Gasteiger partial charge on any atom is -0.445 e. The summed E-state index contributed by atoms with van der Waals surface area (Å²) in [7, 11) is 0. The maximum Gasteiger partial charge on any atom is 0.404 e. The van der Waals surface area contributed by atoms with Gasteiger partial charge in [-0.15, -0.1) is 0 Å². The number of ether oxygens (including phenoxy) is 2. The standard InChI is InChI=1S/C22H19N3O4/c23-21(26)28-12-14-7-9-19-18(10-14)17-8-6-15(13-29-22(24)27)11-20(17)25(19)16-4-2-1-3-5-16/h1-11H,12-13H2,(H2,23,26)(H2,24,27). The molecule has 0 aliphatic rings. The third-order valence-corrected chi connectivity index (χ3v) is 4.67. The number of nitrogens with zero attached hydrogens (tertiary/aromatic N) is 1. The minimum absolute atomic E-state index is 0.0965. The van der Waals surface area contributed by atoms with Gasteiger partial charge in [0.15, 0.2) is 0 Å². The molecule has 146 valence electrons. The van der Waals surface area contributed by atoms with Gasteiger partial charge in [0, 0.05) is 16.5 Å². The number of nitrogens with two attached hydrogens (primary N) is 2. The van der Waals surface area contributed by atoms with Crippen molar-refractivity contribution < 1.29 is 19.1 Å². The molecule has 4 aromatic rings. The molecular weight excluding hydrogens is 370 g/mol. The first-order valence-electron chi connectivity index (χ1n) is 8.99. The molecule has 0 aliphatic carbocycles. The number of amides is 2. The fourth-order valence-electron chi connectivity index (χ4n) is 3.46. The summed E-state index contributed by atoms with van der Waals surface area (Å²) < 4.78 is 12.0. The average molecular weight is 389 g/mol. The van der Waals surface area contributed by atoms with E-state index in [1.165, 1.54) is 0 Å². The van der Waals surface area contributed by atoms with Gasteiger partial charge in [-0.25, -0.2) is 9.59 Å². The number of para-hydroxylation sites is 1. The van der Waals surface area contributed by atoms with Gasteiger partial charge in [0.1, 0.15) is 13.2 Å². The molecule has 0 saturated heterocycles. The van der Waals surface area contributed by atoms with Crippen LogP contribution in [0.25, 0.3) is 27.5 Å². The number of carbonyl (C=O) groups is 2. The Bertz CT molecular complexity index is 1220. The number of hydrogen-bond acceptors (Lipinski definition) is 4. The van der Waals surface area contributed by atoms with E-state index in [1.807, 2.05) is 66.7 Å². The van der Waals surface area contributed by atoms with E-state index in [0.717, 1.165) is 38.6 Å². The molecule has 1 heterocycles. The van der Waals surface area contributed by atoms with Crippen LogP contribution in [-0.2, 0) is 22.7 Å². The van der Waals surface area contributed by atoms with Crippen molar-refractivity contribution in [1.82, 2.24) is 4.57 Å². The number of benzene rings is 3. The first kappa shape index (κ1) is 18.4. The summed E-state index contributed by atoms with van der Waals surface area (Å²) in [5, 5.41) is 2.03. The summed E-state index contributed by atoms with van der Waals surface area (Å²) in [6.45, 7) is 0.201. The number of hydrogen-bond donors (Lipinski definition) is 2. The Balaban J connectivity index is 1.90. The first-order valence-corrected chi connectivity index (χ1v) is 8.99. The van der Waals surface area contributed by atoms with Crippen LogP contribution in [0.15, 0.2) is 66.7 Å².